The van der Waals surface area contributed by atoms with Gasteiger partial charge in [0.2, 0.25) is 0 Å². The normalized spacial score (nSPS) is 19.0. The van der Waals surface area contributed by atoms with Crippen molar-refractivity contribution >= 4 is 17.3 Å². The molecule has 1 saturated heterocycles. The van der Waals surface area contributed by atoms with Gasteiger partial charge in [0, 0.05) is 17.7 Å². The zero-order valence-corrected chi connectivity index (χ0v) is 12.7. The first-order chi connectivity index (χ1) is 10.5. The highest BCUT2D eigenvalue weighted by atomic mass is 16.6. The molecule has 0 atom stereocenters. The number of carbonyl (C=O) groups excluding carboxylic acids is 1. The number of rotatable bonds is 4. The molecular formula is C15H21N4O3+. The zero-order chi connectivity index (χ0) is 15.7. The van der Waals surface area contributed by atoms with Gasteiger partial charge in [0.25, 0.3) is 11.6 Å². The van der Waals surface area contributed by atoms with E-state index in [1.165, 1.54) is 11.0 Å². The van der Waals surface area contributed by atoms with E-state index in [0.717, 1.165) is 25.9 Å². The number of carbonyl (C=O) groups is 1. The van der Waals surface area contributed by atoms with Crippen molar-refractivity contribution in [2.75, 3.05) is 38.5 Å². The minimum Gasteiger partial charge on any atom is -0.377 e. The van der Waals surface area contributed by atoms with E-state index in [4.69, 9.17) is 0 Å². The predicted molar refractivity (Wildman–Crippen MR) is 82.3 cm³/mol. The number of nitrogens with one attached hydrogen (secondary N) is 2. The maximum Gasteiger partial charge on any atom is 0.293 e. The Bertz CT molecular complexity index is 592. The molecule has 2 aliphatic rings. The lowest BCUT2D eigenvalue weighted by molar-refractivity contribution is -0.883. The van der Waals surface area contributed by atoms with Crippen molar-refractivity contribution in [1.29, 1.82) is 0 Å². The smallest absolute Gasteiger partial charge is 0.293 e. The molecule has 118 valence electrons. The summed E-state index contributed by atoms with van der Waals surface area (Å²) in [7, 11) is 2.10. The summed E-state index contributed by atoms with van der Waals surface area (Å²) in [5, 5.41) is 14.4. The Hall–Kier alpha value is -2.15. The molecule has 1 aliphatic heterocycles. The Labute approximate surface area is 129 Å². The molecule has 1 heterocycles. The fourth-order valence-electron chi connectivity index (χ4n) is 2.66. The lowest BCUT2D eigenvalue weighted by Gasteiger charge is -2.30. The molecule has 0 spiro atoms. The summed E-state index contributed by atoms with van der Waals surface area (Å²) in [6.07, 6.45) is 2.09. The summed E-state index contributed by atoms with van der Waals surface area (Å²) in [4.78, 5) is 26.5. The Morgan fingerprint density at radius 1 is 1.36 bits per heavy atom. The Morgan fingerprint density at radius 3 is 2.64 bits per heavy atom. The van der Waals surface area contributed by atoms with Gasteiger partial charge in [0.1, 0.15) is 5.69 Å². The standard InChI is InChI=1S/C15H20N4O3/c1-17-6-8-18(9-7-17)15(20)11-2-5-13(16-12-3-4-12)14(10-11)19(21)22/h2,5,10,12,16H,3-4,6-9H2,1H3/p+1. The van der Waals surface area contributed by atoms with Crippen LogP contribution < -0.4 is 10.2 Å². The average Bonchev–Trinajstić information content (AvgIpc) is 3.31. The summed E-state index contributed by atoms with van der Waals surface area (Å²) in [5.41, 5.74) is 0.886. The first-order valence-corrected chi connectivity index (χ1v) is 7.70. The van der Waals surface area contributed by atoms with E-state index in [2.05, 4.69) is 12.4 Å². The number of hydrogen-bond donors (Lipinski definition) is 2. The van der Waals surface area contributed by atoms with Crippen molar-refractivity contribution in [2.24, 2.45) is 0 Å². The third-order valence-electron chi connectivity index (χ3n) is 4.28. The largest absolute Gasteiger partial charge is 0.377 e. The number of likely N-dealkylation sites (N-methyl/N-ethyl adjacent to an activating group) is 1. The molecule has 2 N–H and O–H groups in total. The molecule has 0 aromatic heterocycles. The molecule has 0 radical (unpaired) electrons. The number of piperazine rings is 1. The van der Waals surface area contributed by atoms with Crippen molar-refractivity contribution in [3.8, 4) is 0 Å². The maximum absolute atomic E-state index is 12.5. The molecule has 1 amide bonds. The number of amides is 1. The van der Waals surface area contributed by atoms with Gasteiger partial charge in [-0.15, -0.1) is 0 Å². The lowest BCUT2D eigenvalue weighted by Crippen LogP contribution is -3.12. The molecule has 1 aromatic rings. The van der Waals surface area contributed by atoms with E-state index in [9.17, 15) is 14.9 Å². The molecule has 7 heteroatoms. The quantitative estimate of drug-likeness (QED) is 0.612. The summed E-state index contributed by atoms with van der Waals surface area (Å²) in [5.74, 6) is -0.117. The van der Waals surface area contributed by atoms with Gasteiger partial charge in [-0.1, -0.05) is 0 Å². The second kappa shape index (κ2) is 5.92. The third-order valence-corrected chi connectivity index (χ3v) is 4.28. The molecule has 1 saturated carbocycles. The van der Waals surface area contributed by atoms with Crippen LogP contribution in [0.2, 0.25) is 0 Å². The van der Waals surface area contributed by atoms with Crippen molar-refractivity contribution in [3.63, 3.8) is 0 Å². The molecule has 0 unspecified atom stereocenters. The topological polar surface area (TPSA) is 79.9 Å². The van der Waals surface area contributed by atoms with E-state index in [1.54, 1.807) is 17.0 Å². The first-order valence-electron chi connectivity index (χ1n) is 7.70. The molecule has 1 aromatic carbocycles. The van der Waals surface area contributed by atoms with Gasteiger partial charge in [-0.3, -0.25) is 14.9 Å². The molecule has 0 bridgehead atoms. The highest BCUT2D eigenvalue weighted by Gasteiger charge is 2.27. The minimum absolute atomic E-state index is 0.0162. The summed E-state index contributed by atoms with van der Waals surface area (Å²) in [6, 6.07) is 5.08. The minimum atomic E-state index is -0.421. The number of anilines is 1. The van der Waals surface area contributed by atoms with Crippen LogP contribution in [-0.4, -0.2) is 55.0 Å². The SMILES string of the molecule is C[NH+]1CCN(C(=O)c2ccc(NC3CC3)c([N+](=O)[O-])c2)CC1. The van der Waals surface area contributed by atoms with Crippen molar-refractivity contribution in [3.05, 3.63) is 33.9 Å². The highest BCUT2D eigenvalue weighted by Crippen LogP contribution is 2.31. The first kappa shape index (κ1) is 14.8. The number of benzene rings is 1. The van der Waals surface area contributed by atoms with Gasteiger partial charge in [0.15, 0.2) is 0 Å². The highest BCUT2D eigenvalue weighted by molar-refractivity contribution is 5.95. The van der Waals surface area contributed by atoms with E-state index in [-0.39, 0.29) is 11.6 Å². The number of quaternary nitrogens is 1. The van der Waals surface area contributed by atoms with E-state index >= 15 is 0 Å². The van der Waals surface area contributed by atoms with Gasteiger partial charge in [-0.2, -0.15) is 0 Å². The summed E-state index contributed by atoms with van der Waals surface area (Å²) >= 11 is 0. The van der Waals surface area contributed by atoms with Crippen LogP contribution in [0.4, 0.5) is 11.4 Å². The number of nitro benzene ring substituents is 1. The Kier molecular flexibility index (Phi) is 3.98. The van der Waals surface area contributed by atoms with Gasteiger partial charge in [-0.25, -0.2) is 0 Å². The van der Waals surface area contributed by atoms with Crippen molar-refractivity contribution in [1.82, 2.24) is 4.90 Å². The average molecular weight is 305 g/mol. The van der Waals surface area contributed by atoms with Gasteiger partial charge >= 0.3 is 0 Å². The van der Waals surface area contributed by atoms with Crippen LogP contribution in [0, 0.1) is 10.1 Å². The summed E-state index contributed by atoms with van der Waals surface area (Å²) < 4.78 is 0. The molecule has 1 aliphatic carbocycles. The van der Waals surface area contributed by atoms with E-state index < -0.39 is 4.92 Å². The van der Waals surface area contributed by atoms with Crippen LogP contribution in [0.15, 0.2) is 18.2 Å². The zero-order valence-electron chi connectivity index (χ0n) is 12.7. The molecular weight excluding hydrogens is 284 g/mol. The molecule has 3 rings (SSSR count). The monoisotopic (exact) mass is 305 g/mol. The Morgan fingerprint density at radius 2 is 2.05 bits per heavy atom. The molecule has 22 heavy (non-hydrogen) atoms. The summed E-state index contributed by atoms with van der Waals surface area (Å²) in [6.45, 7) is 3.21. The second-order valence-corrected chi connectivity index (χ2v) is 6.16. The van der Waals surface area contributed by atoms with Crippen LogP contribution in [-0.2, 0) is 0 Å². The van der Waals surface area contributed by atoms with E-state index in [0.29, 0.717) is 30.4 Å². The van der Waals surface area contributed by atoms with Crippen LogP contribution >= 0.6 is 0 Å². The Balaban J connectivity index is 1.79. The predicted octanol–water partition coefficient (Wildman–Crippen LogP) is 0.140. The van der Waals surface area contributed by atoms with Gasteiger partial charge in [0.05, 0.1) is 38.2 Å². The molecule has 2 fully saturated rings. The fraction of sp³-hybridized carbons (Fsp3) is 0.533. The number of hydrogen-bond acceptors (Lipinski definition) is 4. The second-order valence-electron chi connectivity index (χ2n) is 6.16. The van der Waals surface area contributed by atoms with Crippen LogP contribution in [0.5, 0.6) is 0 Å². The van der Waals surface area contributed by atoms with Crippen LogP contribution in [0.1, 0.15) is 23.2 Å². The number of nitro groups is 1. The van der Waals surface area contributed by atoms with Crippen molar-refractivity contribution < 1.29 is 14.6 Å². The van der Waals surface area contributed by atoms with Crippen molar-refractivity contribution in [2.45, 2.75) is 18.9 Å². The fourth-order valence-corrected chi connectivity index (χ4v) is 2.66. The maximum atomic E-state index is 12.5. The lowest BCUT2D eigenvalue weighted by atomic mass is 10.1. The van der Waals surface area contributed by atoms with Crippen LogP contribution in [0.3, 0.4) is 0 Å². The van der Waals surface area contributed by atoms with Gasteiger partial charge in [-0.05, 0) is 25.0 Å². The third kappa shape index (κ3) is 3.19. The van der Waals surface area contributed by atoms with E-state index in [1.807, 2.05) is 0 Å². The molecule has 7 nitrogen and oxygen atoms in total. The van der Waals surface area contributed by atoms with Crippen LogP contribution in [0.25, 0.3) is 0 Å². The number of nitrogens with zero attached hydrogens (tertiary/aromatic N) is 2. The van der Waals surface area contributed by atoms with Gasteiger partial charge < -0.3 is 15.1 Å².